The van der Waals surface area contributed by atoms with Crippen LogP contribution in [0.3, 0.4) is 0 Å². The SMILES string of the molecule is CCCC1CCC(C2COC3CCC4CCCCC4C3C3C(CCC4CCCCC43)C2)CC1.CS. The van der Waals surface area contributed by atoms with Gasteiger partial charge in [0.25, 0.3) is 0 Å². The molecule has 0 aromatic carbocycles. The maximum Gasteiger partial charge on any atom is 0.0609 e. The molecular formula is C33H58OS. The fourth-order valence-corrected chi connectivity index (χ4v) is 11.0. The lowest BCUT2D eigenvalue weighted by Crippen LogP contribution is -2.53. The van der Waals surface area contributed by atoms with Crippen molar-refractivity contribution >= 4 is 12.6 Å². The summed E-state index contributed by atoms with van der Waals surface area (Å²) in [4.78, 5) is 0. The Balaban J connectivity index is 0.00000124. The third-order valence-corrected chi connectivity index (χ3v) is 12.5. The highest BCUT2D eigenvalue weighted by atomic mass is 32.1. The predicted molar refractivity (Wildman–Crippen MR) is 153 cm³/mol. The average molecular weight is 503 g/mol. The van der Waals surface area contributed by atoms with Crippen LogP contribution in [0.5, 0.6) is 0 Å². The lowest BCUT2D eigenvalue weighted by molar-refractivity contribution is -0.154. The van der Waals surface area contributed by atoms with Gasteiger partial charge in [0.2, 0.25) is 0 Å². The molecule has 0 radical (unpaired) electrons. The van der Waals surface area contributed by atoms with Crippen molar-refractivity contribution in [2.45, 2.75) is 135 Å². The summed E-state index contributed by atoms with van der Waals surface area (Å²) in [6.07, 6.45) is 31.1. The molecule has 9 unspecified atom stereocenters. The van der Waals surface area contributed by atoms with Crippen LogP contribution in [0, 0.1) is 59.2 Å². The molecule has 202 valence electrons. The molecular weight excluding hydrogens is 444 g/mol. The van der Waals surface area contributed by atoms with E-state index < -0.39 is 0 Å². The molecule has 0 bridgehead atoms. The van der Waals surface area contributed by atoms with Crippen molar-refractivity contribution in [3.8, 4) is 0 Å². The summed E-state index contributed by atoms with van der Waals surface area (Å²) < 4.78 is 7.10. The first-order valence-electron chi connectivity index (χ1n) is 16.4. The van der Waals surface area contributed by atoms with Crippen molar-refractivity contribution in [3.05, 3.63) is 0 Å². The van der Waals surface area contributed by atoms with Gasteiger partial charge in [0.1, 0.15) is 0 Å². The largest absolute Gasteiger partial charge is 0.378 e. The standard InChI is InChI=1S/C32H54O.CH4S/c1-2-7-22-12-14-23(15-13-22)27-20-26-17-16-24-8-3-5-10-28(24)31(26)32-29-11-6-4-9-25(29)18-19-30(32)33-21-27;1-2/h22-32H,2-21H2,1H3;2H,1H3. The van der Waals surface area contributed by atoms with Gasteiger partial charge in [-0.1, -0.05) is 71.1 Å². The van der Waals surface area contributed by atoms with E-state index in [0.29, 0.717) is 6.10 Å². The van der Waals surface area contributed by atoms with Gasteiger partial charge in [-0.15, -0.1) is 0 Å². The van der Waals surface area contributed by atoms with Gasteiger partial charge in [-0.2, -0.15) is 12.6 Å². The zero-order valence-corrected chi connectivity index (χ0v) is 24.2. The van der Waals surface area contributed by atoms with Crippen LogP contribution in [0.25, 0.3) is 0 Å². The number of hydrogen-bond donors (Lipinski definition) is 1. The molecule has 6 fully saturated rings. The summed E-state index contributed by atoms with van der Waals surface area (Å²) in [5.41, 5.74) is 0. The topological polar surface area (TPSA) is 9.23 Å². The van der Waals surface area contributed by atoms with E-state index in [1.54, 1.807) is 44.8 Å². The Hall–Kier alpha value is 0.310. The molecule has 0 aromatic heterocycles. The Bertz CT molecular complexity index is 627. The highest BCUT2D eigenvalue weighted by molar-refractivity contribution is 7.79. The van der Waals surface area contributed by atoms with Gasteiger partial charge in [-0.3, -0.25) is 0 Å². The zero-order chi connectivity index (χ0) is 24.2. The first kappa shape index (κ1) is 26.9. The lowest BCUT2D eigenvalue weighted by Gasteiger charge is -2.58. The summed E-state index contributed by atoms with van der Waals surface area (Å²) in [6, 6.07) is 0. The molecule has 1 aliphatic heterocycles. The monoisotopic (exact) mass is 502 g/mol. The van der Waals surface area contributed by atoms with E-state index in [4.69, 9.17) is 4.74 Å². The molecule has 2 heteroatoms. The highest BCUT2D eigenvalue weighted by Crippen LogP contribution is 2.59. The number of hydrogen-bond acceptors (Lipinski definition) is 2. The molecule has 6 aliphatic rings. The molecule has 6 rings (SSSR count). The molecule has 35 heavy (non-hydrogen) atoms. The summed E-state index contributed by atoms with van der Waals surface area (Å²) in [5, 5.41) is 0. The van der Waals surface area contributed by atoms with Gasteiger partial charge in [0.15, 0.2) is 0 Å². The van der Waals surface area contributed by atoms with Gasteiger partial charge >= 0.3 is 0 Å². The van der Waals surface area contributed by atoms with Crippen molar-refractivity contribution in [1.29, 1.82) is 0 Å². The molecule has 5 aliphatic carbocycles. The second-order valence-corrected chi connectivity index (χ2v) is 13.9. The smallest absolute Gasteiger partial charge is 0.0609 e. The maximum atomic E-state index is 7.10. The molecule has 1 heterocycles. The Morgan fingerprint density at radius 2 is 1.14 bits per heavy atom. The predicted octanol–water partition coefficient (Wildman–Crippen LogP) is 9.59. The Morgan fingerprint density at radius 1 is 0.571 bits per heavy atom. The summed E-state index contributed by atoms with van der Waals surface area (Å²) in [5.74, 6) is 10.1. The molecule has 1 nitrogen and oxygen atoms in total. The van der Waals surface area contributed by atoms with Crippen LogP contribution < -0.4 is 0 Å². The van der Waals surface area contributed by atoms with Gasteiger partial charge in [0.05, 0.1) is 12.7 Å². The molecule has 1 saturated heterocycles. The number of fused-ring (bicyclic) bond motifs is 7. The lowest BCUT2D eigenvalue weighted by atomic mass is 9.50. The normalized spacial score (nSPS) is 47.9. The van der Waals surface area contributed by atoms with E-state index in [0.717, 1.165) is 65.8 Å². The van der Waals surface area contributed by atoms with Crippen LogP contribution in [-0.4, -0.2) is 19.0 Å². The van der Waals surface area contributed by atoms with Crippen LogP contribution in [-0.2, 0) is 4.74 Å². The Kier molecular flexibility index (Phi) is 9.92. The van der Waals surface area contributed by atoms with Gasteiger partial charge < -0.3 is 4.74 Å². The van der Waals surface area contributed by atoms with Crippen LogP contribution >= 0.6 is 12.6 Å². The van der Waals surface area contributed by atoms with Crippen molar-refractivity contribution in [2.75, 3.05) is 12.9 Å². The van der Waals surface area contributed by atoms with E-state index in [1.165, 1.54) is 83.5 Å². The minimum absolute atomic E-state index is 0.622. The summed E-state index contributed by atoms with van der Waals surface area (Å²) >= 11 is 3.53. The van der Waals surface area contributed by atoms with E-state index in [1.807, 2.05) is 0 Å². The fourth-order valence-electron chi connectivity index (χ4n) is 11.0. The number of ether oxygens (including phenoxy) is 1. The number of thiol groups is 1. The molecule has 0 N–H and O–H groups in total. The summed E-state index contributed by atoms with van der Waals surface area (Å²) in [7, 11) is 0. The van der Waals surface area contributed by atoms with Crippen molar-refractivity contribution in [2.24, 2.45) is 59.2 Å². The Morgan fingerprint density at radius 3 is 1.83 bits per heavy atom. The maximum absolute atomic E-state index is 7.10. The van der Waals surface area contributed by atoms with E-state index in [2.05, 4.69) is 19.6 Å². The molecule has 0 amide bonds. The second kappa shape index (κ2) is 12.9. The summed E-state index contributed by atoms with van der Waals surface area (Å²) in [6.45, 7) is 3.51. The van der Waals surface area contributed by atoms with Crippen molar-refractivity contribution < 1.29 is 4.74 Å². The van der Waals surface area contributed by atoms with Crippen molar-refractivity contribution in [3.63, 3.8) is 0 Å². The van der Waals surface area contributed by atoms with Gasteiger partial charge in [-0.25, -0.2) is 0 Å². The van der Waals surface area contributed by atoms with Crippen LogP contribution in [0.2, 0.25) is 0 Å². The second-order valence-electron chi connectivity index (χ2n) is 13.9. The van der Waals surface area contributed by atoms with Crippen LogP contribution in [0.15, 0.2) is 0 Å². The van der Waals surface area contributed by atoms with Crippen LogP contribution in [0.1, 0.15) is 129 Å². The molecule has 0 spiro atoms. The minimum Gasteiger partial charge on any atom is -0.378 e. The minimum atomic E-state index is 0.622. The molecule has 5 saturated carbocycles. The van der Waals surface area contributed by atoms with Crippen molar-refractivity contribution in [1.82, 2.24) is 0 Å². The average Bonchev–Trinajstić information content (AvgIpc) is 2.91. The van der Waals surface area contributed by atoms with E-state index >= 15 is 0 Å². The third-order valence-electron chi connectivity index (χ3n) is 12.5. The Labute approximate surface area is 224 Å². The van der Waals surface area contributed by atoms with Gasteiger partial charge in [0, 0.05) is 0 Å². The molecule has 0 aromatic rings. The third kappa shape index (κ3) is 5.84. The van der Waals surface area contributed by atoms with E-state index in [9.17, 15) is 0 Å². The van der Waals surface area contributed by atoms with Crippen LogP contribution in [0.4, 0.5) is 0 Å². The van der Waals surface area contributed by atoms with E-state index in [-0.39, 0.29) is 0 Å². The number of rotatable bonds is 3. The molecule has 9 atom stereocenters. The quantitative estimate of drug-likeness (QED) is 0.378. The first-order chi connectivity index (χ1) is 17.3. The zero-order valence-electron chi connectivity index (χ0n) is 23.3. The fraction of sp³-hybridized carbons (Fsp3) is 1.00. The van der Waals surface area contributed by atoms with Gasteiger partial charge in [-0.05, 0) is 123 Å². The first-order valence-corrected chi connectivity index (χ1v) is 17.3. The highest BCUT2D eigenvalue weighted by Gasteiger charge is 2.53.